The highest BCUT2D eigenvalue weighted by Crippen LogP contribution is 2.26. The molecule has 1 N–H and O–H groups in total. The first-order valence-corrected chi connectivity index (χ1v) is 6.78. The number of hydrogen-bond donors (Lipinski definition) is 1. The van der Waals surface area contributed by atoms with Crippen LogP contribution in [-0.2, 0) is 0 Å². The predicted octanol–water partition coefficient (Wildman–Crippen LogP) is 2.90. The molecular formula is C14H19N3O3. The van der Waals surface area contributed by atoms with Crippen molar-refractivity contribution in [1.82, 2.24) is 5.01 Å². The first-order chi connectivity index (χ1) is 9.49. The largest absolute Gasteiger partial charge is 0.502 e. The van der Waals surface area contributed by atoms with Crippen molar-refractivity contribution < 1.29 is 10.0 Å². The van der Waals surface area contributed by atoms with E-state index in [2.05, 4.69) is 18.9 Å². The van der Waals surface area contributed by atoms with E-state index in [4.69, 9.17) is 0 Å². The van der Waals surface area contributed by atoms with Crippen LogP contribution in [0.15, 0.2) is 23.3 Å². The van der Waals surface area contributed by atoms with Gasteiger partial charge in [0.2, 0.25) is 0 Å². The second-order valence-corrected chi connectivity index (χ2v) is 5.26. The minimum absolute atomic E-state index is 0.298. The highest BCUT2D eigenvalue weighted by atomic mass is 16.6. The summed E-state index contributed by atoms with van der Waals surface area (Å²) >= 11 is 0. The van der Waals surface area contributed by atoms with Crippen molar-refractivity contribution in [3.8, 4) is 5.75 Å². The maximum absolute atomic E-state index is 10.8. The van der Waals surface area contributed by atoms with E-state index in [0.29, 0.717) is 17.6 Å². The first-order valence-electron chi connectivity index (χ1n) is 6.78. The van der Waals surface area contributed by atoms with Gasteiger partial charge in [0.25, 0.3) is 0 Å². The van der Waals surface area contributed by atoms with Gasteiger partial charge in [-0.3, -0.25) is 15.1 Å². The van der Waals surface area contributed by atoms with Crippen LogP contribution >= 0.6 is 0 Å². The van der Waals surface area contributed by atoms with E-state index in [9.17, 15) is 15.2 Å². The lowest BCUT2D eigenvalue weighted by Crippen LogP contribution is -2.39. The molecule has 1 aromatic carbocycles. The monoisotopic (exact) mass is 277 g/mol. The summed E-state index contributed by atoms with van der Waals surface area (Å²) in [5, 5.41) is 26.7. The lowest BCUT2D eigenvalue weighted by Gasteiger charge is -2.36. The topological polar surface area (TPSA) is 79.0 Å². The molecule has 0 unspecified atom stereocenters. The van der Waals surface area contributed by atoms with Gasteiger partial charge in [-0.2, -0.15) is 5.10 Å². The van der Waals surface area contributed by atoms with Gasteiger partial charge in [0.15, 0.2) is 5.75 Å². The van der Waals surface area contributed by atoms with E-state index >= 15 is 0 Å². The van der Waals surface area contributed by atoms with Crippen LogP contribution in [0.5, 0.6) is 5.75 Å². The summed E-state index contributed by atoms with van der Waals surface area (Å²) in [4.78, 5) is 10.2. The van der Waals surface area contributed by atoms with Crippen molar-refractivity contribution in [2.45, 2.75) is 45.2 Å². The van der Waals surface area contributed by atoms with Crippen LogP contribution in [0.25, 0.3) is 0 Å². The number of nitro groups is 1. The van der Waals surface area contributed by atoms with Gasteiger partial charge in [-0.15, -0.1) is 0 Å². The number of nitrogens with zero attached hydrogens (tertiary/aromatic N) is 3. The molecule has 0 saturated carbocycles. The highest BCUT2D eigenvalue weighted by molar-refractivity contribution is 5.81. The van der Waals surface area contributed by atoms with E-state index in [0.717, 1.165) is 12.8 Å². The van der Waals surface area contributed by atoms with E-state index in [1.807, 2.05) is 5.01 Å². The molecule has 1 saturated heterocycles. The van der Waals surface area contributed by atoms with Crippen molar-refractivity contribution >= 4 is 11.9 Å². The lowest BCUT2D eigenvalue weighted by molar-refractivity contribution is -0.385. The Kier molecular flexibility index (Phi) is 4.22. The Morgan fingerprint density at radius 3 is 2.65 bits per heavy atom. The van der Waals surface area contributed by atoms with Crippen LogP contribution < -0.4 is 0 Å². The van der Waals surface area contributed by atoms with Gasteiger partial charge in [0, 0.05) is 23.7 Å². The summed E-state index contributed by atoms with van der Waals surface area (Å²) in [7, 11) is 0. The number of nitro benzene ring substituents is 1. The fraction of sp³-hybridized carbons (Fsp3) is 0.500. The van der Waals surface area contributed by atoms with Crippen LogP contribution in [-0.4, -0.2) is 33.3 Å². The third-order valence-electron chi connectivity index (χ3n) is 3.68. The van der Waals surface area contributed by atoms with Crippen molar-refractivity contribution in [2.75, 3.05) is 0 Å². The Balaban J connectivity index is 2.18. The van der Waals surface area contributed by atoms with Gasteiger partial charge < -0.3 is 5.11 Å². The summed E-state index contributed by atoms with van der Waals surface area (Å²) in [6.07, 6.45) is 5.04. The van der Waals surface area contributed by atoms with Gasteiger partial charge in [-0.05, 0) is 45.2 Å². The molecule has 6 heteroatoms. The highest BCUT2D eigenvalue weighted by Gasteiger charge is 2.22. The molecule has 108 valence electrons. The third kappa shape index (κ3) is 3.07. The van der Waals surface area contributed by atoms with Crippen LogP contribution in [0.4, 0.5) is 5.69 Å². The minimum Gasteiger partial charge on any atom is -0.502 e. The summed E-state index contributed by atoms with van der Waals surface area (Å²) < 4.78 is 0. The quantitative estimate of drug-likeness (QED) is 0.523. The molecule has 0 radical (unpaired) electrons. The van der Waals surface area contributed by atoms with Gasteiger partial charge >= 0.3 is 5.69 Å². The molecule has 1 fully saturated rings. The average Bonchev–Trinajstić information content (AvgIpc) is 2.39. The van der Waals surface area contributed by atoms with E-state index in [1.165, 1.54) is 18.6 Å². The Labute approximate surface area is 117 Å². The number of piperidine rings is 1. The van der Waals surface area contributed by atoms with Gasteiger partial charge in [-0.25, -0.2) is 0 Å². The number of benzene rings is 1. The summed E-state index contributed by atoms with van der Waals surface area (Å²) in [5.41, 5.74) is 0.313. The molecule has 0 aromatic heterocycles. The molecular weight excluding hydrogens is 258 g/mol. The third-order valence-corrected chi connectivity index (χ3v) is 3.68. The smallest absolute Gasteiger partial charge is 0.311 e. The molecule has 1 heterocycles. The molecule has 20 heavy (non-hydrogen) atoms. The van der Waals surface area contributed by atoms with Crippen molar-refractivity contribution in [3.63, 3.8) is 0 Å². The van der Waals surface area contributed by atoms with Gasteiger partial charge in [-0.1, -0.05) is 0 Å². The number of phenols is 1. The van der Waals surface area contributed by atoms with Crippen molar-refractivity contribution in [2.24, 2.45) is 5.10 Å². The van der Waals surface area contributed by atoms with Crippen LogP contribution in [0.3, 0.4) is 0 Å². The first kappa shape index (κ1) is 14.3. The number of aromatic hydroxyl groups is 1. The van der Waals surface area contributed by atoms with E-state index < -0.39 is 4.92 Å². The van der Waals surface area contributed by atoms with Crippen LogP contribution in [0, 0.1) is 10.1 Å². The molecule has 6 nitrogen and oxygen atoms in total. The SMILES string of the molecule is C[C@H]1CCC[C@H](C)N1/N=C/c1ccc(O)c([N+](=O)[O-])c1. The molecule has 0 aliphatic carbocycles. The number of phenolic OH excluding ortho intramolecular Hbond substituents is 1. The number of rotatable bonds is 3. The molecule has 1 aliphatic heterocycles. The summed E-state index contributed by atoms with van der Waals surface area (Å²) in [5.74, 6) is -0.327. The molecule has 0 amide bonds. The number of hydrazone groups is 1. The molecule has 0 spiro atoms. The molecule has 0 bridgehead atoms. The average molecular weight is 277 g/mol. The Hall–Kier alpha value is -2.11. The maximum Gasteiger partial charge on any atom is 0.311 e. The zero-order valence-electron chi connectivity index (χ0n) is 11.7. The summed E-state index contributed by atoms with van der Waals surface area (Å²) in [6.45, 7) is 4.26. The van der Waals surface area contributed by atoms with Gasteiger partial charge in [0.1, 0.15) is 0 Å². The zero-order chi connectivity index (χ0) is 14.7. The maximum atomic E-state index is 10.8. The minimum atomic E-state index is -0.598. The molecule has 1 aliphatic rings. The van der Waals surface area contributed by atoms with Crippen LogP contribution in [0.1, 0.15) is 38.7 Å². The lowest BCUT2D eigenvalue weighted by atomic mass is 10.00. The predicted molar refractivity (Wildman–Crippen MR) is 77.0 cm³/mol. The van der Waals surface area contributed by atoms with Crippen molar-refractivity contribution in [3.05, 3.63) is 33.9 Å². The Bertz CT molecular complexity index is 520. The standard InChI is InChI=1S/C14H19N3O3/c1-10-4-3-5-11(2)16(10)15-9-12-6-7-14(18)13(8-12)17(19)20/h6-11,18H,3-5H2,1-2H3/b15-9+/t10-,11-/m0/s1. The van der Waals surface area contributed by atoms with E-state index in [-0.39, 0.29) is 11.4 Å². The second kappa shape index (κ2) is 5.90. The fourth-order valence-corrected chi connectivity index (χ4v) is 2.54. The van der Waals surface area contributed by atoms with Crippen LogP contribution in [0.2, 0.25) is 0 Å². The molecule has 2 atom stereocenters. The zero-order valence-corrected chi connectivity index (χ0v) is 11.7. The second-order valence-electron chi connectivity index (χ2n) is 5.26. The Morgan fingerprint density at radius 2 is 2.05 bits per heavy atom. The fourth-order valence-electron chi connectivity index (χ4n) is 2.54. The Morgan fingerprint density at radius 1 is 1.40 bits per heavy atom. The summed E-state index contributed by atoms with van der Waals surface area (Å²) in [6, 6.07) is 5.02. The number of hydrogen-bond acceptors (Lipinski definition) is 5. The molecule has 1 aromatic rings. The van der Waals surface area contributed by atoms with Gasteiger partial charge in [0.05, 0.1) is 11.1 Å². The van der Waals surface area contributed by atoms with E-state index in [1.54, 1.807) is 12.3 Å². The van der Waals surface area contributed by atoms with Crippen molar-refractivity contribution in [1.29, 1.82) is 0 Å². The normalized spacial score (nSPS) is 23.2. The molecule has 2 rings (SSSR count).